The number of nitrogens with zero attached hydrogens (tertiary/aromatic N) is 1. The number of hydrogen-bond donors (Lipinski definition) is 2. The van der Waals surface area contributed by atoms with E-state index < -0.39 is 0 Å². The molecule has 0 saturated carbocycles. The molecule has 1 aromatic rings. The van der Waals surface area contributed by atoms with Gasteiger partial charge >= 0.3 is 0 Å². The number of hydrogen-bond acceptors (Lipinski definition) is 3. The van der Waals surface area contributed by atoms with Gasteiger partial charge in [-0.25, -0.2) is 0 Å². The summed E-state index contributed by atoms with van der Waals surface area (Å²) < 4.78 is 0. The van der Waals surface area contributed by atoms with Gasteiger partial charge in [-0.15, -0.1) is 0 Å². The quantitative estimate of drug-likeness (QED) is 0.739. The minimum absolute atomic E-state index is 0.380. The van der Waals surface area contributed by atoms with Gasteiger partial charge in [0, 0.05) is 11.7 Å². The van der Waals surface area contributed by atoms with E-state index in [1.165, 1.54) is 0 Å². The Labute approximate surface area is 90.9 Å². The van der Waals surface area contributed by atoms with E-state index in [0.717, 1.165) is 18.5 Å². The highest BCUT2D eigenvalue weighted by atomic mass is 14.9. The van der Waals surface area contributed by atoms with Crippen LogP contribution in [0.15, 0.2) is 18.2 Å². The van der Waals surface area contributed by atoms with Crippen LogP contribution in [-0.2, 0) is 0 Å². The zero-order chi connectivity index (χ0) is 11.3. The van der Waals surface area contributed by atoms with Gasteiger partial charge in [0.15, 0.2) is 0 Å². The second-order valence-corrected chi connectivity index (χ2v) is 3.75. The molecule has 1 aromatic carbocycles. The maximum absolute atomic E-state index is 8.94. The second kappa shape index (κ2) is 5.26. The average Bonchev–Trinajstić information content (AvgIpc) is 2.21. The average molecular weight is 203 g/mol. The van der Waals surface area contributed by atoms with Gasteiger partial charge in [-0.05, 0) is 31.5 Å². The zero-order valence-corrected chi connectivity index (χ0v) is 9.25. The van der Waals surface area contributed by atoms with Crippen molar-refractivity contribution < 1.29 is 0 Å². The third-order valence-electron chi connectivity index (χ3n) is 2.29. The van der Waals surface area contributed by atoms with Crippen LogP contribution in [-0.4, -0.2) is 6.04 Å². The lowest BCUT2D eigenvalue weighted by atomic mass is 10.1. The van der Waals surface area contributed by atoms with E-state index in [2.05, 4.69) is 25.2 Å². The lowest BCUT2D eigenvalue weighted by Crippen LogP contribution is -2.15. The maximum atomic E-state index is 8.94. The van der Waals surface area contributed by atoms with Crippen LogP contribution in [0, 0.1) is 11.3 Å². The molecule has 0 fully saturated rings. The van der Waals surface area contributed by atoms with Crippen molar-refractivity contribution in [3.8, 4) is 6.07 Å². The number of rotatable bonds is 4. The molecule has 3 nitrogen and oxygen atoms in total. The number of anilines is 2. The fourth-order valence-corrected chi connectivity index (χ4v) is 1.55. The topological polar surface area (TPSA) is 61.8 Å². The van der Waals surface area contributed by atoms with Crippen molar-refractivity contribution in [2.45, 2.75) is 32.7 Å². The molecule has 0 aliphatic rings. The Morgan fingerprint density at radius 2 is 2.27 bits per heavy atom. The van der Waals surface area contributed by atoms with Gasteiger partial charge < -0.3 is 11.1 Å². The molecule has 0 bridgehead atoms. The highest BCUT2D eigenvalue weighted by Crippen LogP contribution is 2.19. The molecule has 0 spiro atoms. The summed E-state index contributed by atoms with van der Waals surface area (Å²) in [4.78, 5) is 0. The van der Waals surface area contributed by atoms with Crippen LogP contribution >= 0.6 is 0 Å². The van der Waals surface area contributed by atoms with Crippen LogP contribution in [0.25, 0.3) is 0 Å². The molecule has 1 rings (SSSR count). The Kier molecular flexibility index (Phi) is 3.99. The van der Waals surface area contributed by atoms with Crippen LogP contribution in [0.2, 0.25) is 0 Å². The van der Waals surface area contributed by atoms with Gasteiger partial charge in [0.05, 0.1) is 11.3 Å². The molecule has 80 valence electrons. The van der Waals surface area contributed by atoms with Crippen LogP contribution in [0.4, 0.5) is 11.4 Å². The van der Waals surface area contributed by atoms with E-state index in [4.69, 9.17) is 11.0 Å². The first kappa shape index (κ1) is 11.4. The van der Waals surface area contributed by atoms with Crippen LogP contribution in [0.1, 0.15) is 32.3 Å². The fraction of sp³-hybridized carbons (Fsp3) is 0.417. The molecule has 0 heterocycles. The van der Waals surface area contributed by atoms with E-state index in [-0.39, 0.29) is 0 Å². The summed E-state index contributed by atoms with van der Waals surface area (Å²) in [6.07, 6.45) is 2.22. The standard InChI is InChI=1S/C12H17N3/c1-3-4-9(2)15-12-6-5-11(14)7-10(12)8-13/h5-7,9,15H,3-4,14H2,1-2H3. The van der Waals surface area contributed by atoms with E-state index in [9.17, 15) is 0 Å². The molecule has 1 unspecified atom stereocenters. The van der Waals surface area contributed by atoms with E-state index >= 15 is 0 Å². The number of nitrogens with two attached hydrogens (primary N) is 1. The Hall–Kier alpha value is -1.69. The van der Waals surface area contributed by atoms with Gasteiger partial charge in [-0.3, -0.25) is 0 Å². The van der Waals surface area contributed by atoms with Gasteiger partial charge in [0.25, 0.3) is 0 Å². The van der Waals surface area contributed by atoms with Gasteiger partial charge in [0.2, 0.25) is 0 Å². The van der Waals surface area contributed by atoms with Crippen LogP contribution in [0.5, 0.6) is 0 Å². The zero-order valence-electron chi connectivity index (χ0n) is 9.25. The smallest absolute Gasteiger partial charge is 0.101 e. The Bertz CT molecular complexity index is 366. The van der Waals surface area contributed by atoms with Crippen molar-refractivity contribution >= 4 is 11.4 Å². The number of nitriles is 1. The Morgan fingerprint density at radius 1 is 1.53 bits per heavy atom. The summed E-state index contributed by atoms with van der Waals surface area (Å²) in [5.74, 6) is 0. The third-order valence-corrected chi connectivity index (χ3v) is 2.29. The first-order valence-electron chi connectivity index (χ1n) is 5.23. The van der Waals surface area contributed by atoms with Crippen molar-refractivity contribution in [1.29, 1.82) is 5.26 Å². The second-order valence-electron chi connectivity index (χ2n) is 3.75. The van der Waals surface area contributed by atoms with Crippen LogP contribution in [0.3, 0.4) is 0 Å². The molecule has 0 amide bonds. The van der Waals surface area contributed by atoms with Crippen molar-refractivity contribution in [1.82, 2.24) is 0 Å². The molecular formula is C12H17N3. The molecule has 0 aromatic heterocycles. The number of benzene rings is 1. The van der Waals surface area contributed by atoms with Crippen molar-refractivity contribution in [2.24, 2.45) is 0 Å². The molecule has 0 aliphatic carbocycles. The normalized spacial score (nSPS) is 11.8. The van der Waals surface area contributed by atoms with Crippen LogP contribution < -0.4 is 11.1 Å². The first-order valence-corrected chi connectivity index (χ1v) is 5.23. The first-order chi connectivity index (χ1) is 7.17. The Morgan fingerprint density at radius 3 is 2.87 bits per heavy atom. The molecule has 3 heteroatoms. The minimum Gasteiger partial charge on any atom is -0.399 e. The number of nitrogen functional groups attached to an aromatic ring is 1. The molecule has 1 atom stereocenters. The summed E-state index contributed by atoms with van der Waals surface area (Å²) >= 11 is 0. The highest BCUT2D eigenvalue weighted by molar-refractivity contribution is 5.63. The molecule has 0 saturated heterocycles. The van der Waals surface area contributed by atoms with E-state index in [1.54, 1.807) is 6.07 Å². The summed E-state index contributed by atoms with van der Waals surface area (Å²) in [5, 5.41) is 12.3. The summed E-state index contributed by atoms with van der Waals surface area (Å²) in [6.45, 7) is 4.26. The SMILES string of the molecule is CCCC(C)Nc1ccc(N)cc1C#N. The molecule has 0 radical (unpaired) electrons. The maximum Gasteiger partial charge on any atom is 0.101 e. The van der Waals surface area contributed by atoms with Gasteiger partial charge in [0.1, 0.15) is 6.07 Å². The summed E-state index contributed by atoms with van der Waals surface area (Å²) in [7, 11) is 0. The monoisotopic (exact) mass is 203 g/mol. The van der Waals surface area contributed by atoms with Gasteiger partial charge in [-0.1, -0.05) is 13.3 Å². The van der Waals surface area contributed by atoms with E-state index in [1.807, 2.05) is 12.1 Å². The summed E-state index contributed by atoms with van der Waals surface area (Å²) in [5.41, 5.74) is 7.72. The largest absolute Gasteiger partial charge is 0.399 e. The minimum atomic E-state index is 0.380. The summed E-state index contributed by atoms with van der Waals surface area (Å²) in [6, 6.07) is 7.89. The number of nitrogens with one attached hydrogen (secondary N) is 1. The molecule has 3 N–H and O–H groups in total. The molecule has 0 aliphatic heterocycles. The highest BCUT2D eigenvalue weighted by Gasteiger charge is 2.05. The molecule has 15 heavy (non-hydrogen) atoms. The van der Waals surface area contributed by atoms with E-state index in [0.29, 0.717) is 17.3 Å². The fourth-order valence-electron chi connectivity index (χ4n) is 1.55. The Balaban J connectivity index is 2.81. The van der Waals surface area contributed by atoms with Crippen molar-refractivity contribution in [3.05, 3.63) is 23.8 Å². The predicted octanol–water partition coefficient (Wildman–Crippen LogP) is 2.74. The van der Waals surface area contributed by atoms with Gasteiger partial charge in [-0.2, -0.15) is 5.26 Å². The third kappa shape index (κ3) is 3.17. The lowest BCUT2D eigenvalue weighted by Gasteiger charge is -2.15. The molecular weight excluding hydrogens is 186 g/mol. The lowest BCUT2D eigenvalue weighted by molar-refractivity contribution is 0.690. The van der Waals surface area contributed by atoms with Crippen molar-refractivity contribution in [2.75, 3.05) is 11.1 Å². The van der Waals surface area contributed by atoms with Crippen molar-refractivity contribution in [3.63, 3.8) is 0 Å². The predicted molar refractivity (Wildman–Crippen MR) is 63.6 cm³/mol.